The van der Waals surface area contributed by atoms with Crippen LogP contribution in [-0.4, -0.2) is 51.1 Å². The van der Waals surface area contributed by atoms with Crippen LogP contribution in [0.15, 0.2) is 31.0 Å². The topological polar surface area (TPSA) is 97.6 Å². The Morgan fingerprint density at radius 3 is 2.92 bits per heavy atom. The summed E-state index contributed by atoms with van der Waals surface area (Å²) in [4.78, 5) is 24.7. The number of rotatable bonds is 3. The lowest BCUT2D eigenvalue weighted by Crippen LogP contribution is -2.35. The third-order valence-electron chi connectivity index (χ3n) is 4.43. The van der Waals surface area contributed by atoms with E-state index < -0.39 is 0 Å². The fourth-order valence-electron chi connectivity index (χ4n) is 3.09. The normalized spacial score (nSPS) is 17.2. The molecule has 0 aliphatic carbocycles. The lowest BCUT2D eigenvalue weighted by molar-refractivity contribution is 0.674. The quantitative estimate of drug-likeness (QED) is 0.777. The summed E-state index contributed by atoms with van der Waals surface area (Å²) in [5, 5.41) is 9.88. The Balaban J connectivity index is 1.53. The van der Waals surface area contributed by atoms with Gasteiger partial charge in [-0.3, -0.25) is 0 Å². The van der Waals surface area contributed by atoms with Crippen molar-refractivity contribution in [2.45, 2.75) is 12.5 Å². The minimum absolute atomic E-state index is 0.293. The molecule has 4 heterocycles. The third-order valence-corrected chi connectivity index (χ3v) is 4.43. The molecule has 8 nitrogen and oxygen atoms in total. The van der Waals surface area contributed by atoms with E-state index in [1.54, 1.807) is 18.7 Å². The molecule has 1 fully saturated rings. The number of aromatic amines is 1. The Labute approximate surface area is 138 Å². The highest BCUT2D eigenvalue weighted by atomic mass is 15.3. The number of nitriles is 1. The molecule has 1 aliphatic rings. The molecule has 1 saturated heterocycles. The molecule has 0 amide bonds. The molecule has 1 aliphatic heterocycles. The molecule has 0 bridgehead atoms. The fourth-order valence-corrected chi connectivity index (χ4v) is 3.09. The van der Waals surface area contributed by atoms with Crippen LogP contribution in [0.1, 0.15) is 12.0 Å². The average molecular weight is 320 g/mol. The predicted octanol–water partition coefficient (Wildman–Crippen LogP) is 1.33. The molecule has 24 heavy (non-hydrogen) atoms. The van der Waals surface area contributed by atoms with Crippen molar-refractivity contribution >= 4 is 22.8 Å². The van der Waals surface area contributed by atoms with Crippen LogP contribution >= 0.6 is 0 Å². The molecule has 8 heteroatoms. The zero-order valence-corrected chi connectivity index (χ0v) is 13.2. The van der Waals surface area contributed by atoms with Gasteiger partial charge in [0.1, 0.15) is 23.9 Å². The number of H-pyrrole nitrogens is 1. The average Bonchev–Trinajstić information content (AvgIpc) is 3.30. The maximum atomic E-state index is 8.84. The molecule has 0 aromatic carbocycles. The smallest absolute Gasteiger partial charge is 0.225 e. The van der Waals surface area contributed by atoms with Crippen molar-refractivity contribution < 1.29 is 0 Å². The highest BCUT2D eigenvalue weighted by Crippen LogP contribution is 2.27. The number of fused-ring (bicyclic) bond motifs is 1. The van der Waals surface area contributed by atoms with E-state index in [2.05, 4.69) is 34.7 Å². The van der Waals surface area contributed by atoms with Gasteiger partial charge < -0.3 is 14.8 Å². The summed E-state index contributed by atoms with van der Waals surface area (Å²) in [6, 6.07) is 4.34. The summed E-state index contributed by atoms with van der Waals surface area (Å²) in [5.41, 5.74) is 1.32. The van der Waals surface area contributed by atoms with E-state index in [0.717, 1.165) is 36.4 Å². The lowest BCUT2D eigenvalue weighted by atomic mass is 10.2. The SMILES string of the molecule is CN(c1ncc(C#N)cn1)[C@@H]1CCN(c2ncnc3[nH]ccc23)C1. The van der Waals surface area contributed by atoms with Crippen molar-refractivity contribution in [1.82, 2.24) is 24.9 Å². The molecule has 0 unspecified atom stereocenters. The van der Waals surface area contributed by atoms with E-state index in [1.165, 1.54) is 0 Å². The molecule has 1 atom stereocenters. The molecule has 4 rings (SSSR count). The van der Waals surface area contributed by atoms with Crippen LogP contribution < -0.4 is 9.80 Å². The van der Waals surface area contributed by atoms with Crippen LogP contribution in [0.25, 0.3) is 11.0 Å². The zero-order valence-electron chi connectivity index (χ0n) is 13.2. The van der Waals surface area contributed by atoms with Crippen LogP contribution in [0, 0.1) is 11.3 Å². The molecule has 0 saturated carbocycles. The van der Waals surface area contributed by atoms with E-state index in [0.29, 0.717) is 17.6 Å². The first-order valence-electron chi connectivity index (χ1n) is 7.74. The molecule has 0 radical (unpaired) electrons. The maximum absolute atomic E-state index is 8.84. The number of likely N-dealkylation sites (N-methyl/N-ethyl adjacent to an activating group) is 1. The van der Waals surface area contributed by atoms with E-state index in [1.807, 2.05) is 25.4 Å². The molecule has 0 spiro atoms. The number of aromatic nitrogens is 5. The molecule has 1 N–H and O–H groups in total. The minimum atomic E-state index is 0.293. The van der Waals surface area contributed by atoms with E-state index in [4.69, 9.17) is 5.26 Å². The van der Waals surface area contributed by atoms with Crippen molar-refractivity contribution in [1.29, 1.82) is 5.26 Å². The molecule has 120 valence electrons. The summed E-state index contributed by atoms with van der Waals surface area (Å²) >= 11 is 0. The second-order valence-corrected chi connectivity index (χ2v) is 5.82. The summed E-state index contributed by atoms with van der Waals surface area (Å²) in [6.45, 7) is 1.76. The predicted molar refractivity (Wildman–Crippen MR) is 89.7 cm³/mol. The van der Waals surface area contributed by atoms with E-state index in [9.17, 15) is 0 Å². The van der Waals surface area contributed by atoms with Crippen molar-refractivity contribution in [2.75, 3.05) is 29.9 Å². The second-order valence-electron chi connectivity index (χ2n) is 5.82. The molecule has 3 aromatic rings. The Hall–Kier alpha value is -3.21. The van der Waals surface area contributed by atoms with Crippen LogP contribution in [-0.2, 0) is 0 Å². The van der Waals surface area contributed by atoms with Gasteiger partial charge in [0.05, 0.1) is 29.4 Å². The third kappa shape index (κ3) is 2.40. The monoisotopic (exact) mass is 320 g/mol. The van der Waals surface area contributed by atoms with Crippen LogP contribution in [0.4, 0.5) is 11.8 Å². The Morgan fingerprint density at radius 1 is 1.29 bits per heavy atom. The zero-order chi connectivity index (χ0) is 16.5. The first kappa shape index (κ1) is 14.4. The highest BCUT2D eigenvalue weighted by Gasteiger charge is 2.29. The van der Waals surface area contributed by atoms with E-state index >= 15 is 0 Å². The van der Waals surface area contributed by atoms with Crippen molar-refractivity contribution in [3.05, 3.63) is 36.5 Å². The largest absolute Gasteiger partial charge is 0.354 e. The van der Waals surface area contributed by atoms with E-state index in [-0.39, 0.29) is 0 Å². The highest BCUT2D eigenvalue weighted by molar-refractivity contribution is 5.87. The summed E-state index contributed by atoms with van der Waals surface area (Å²) in [5.74, 6) is 1.59. The minimum Gasteiger partial charge on any atom is -0.354 e. The summed E-state index contributed by atoms with van der Waals surface area (Å²) < 4.78 is 0. The fraction of sp³-hybridized carbons (Fsp3) is 0.312. The van der Waals surface area contributed by atoms with Gasteiger partial charge in [-0.25, -0.2) is 19.9 Å². The van der Waals surface area contributed by atoms with Gasteiger partial charge in [0.25, 0.3) is 0 Å². The summed E-state index contributed by atoms with van der Waals surface area (Å²) in [6.07, 6.45) is 7.58. The number of hydrogen-bond acceptors (Lipinski definition) is 7. The standard InChI is InChI=1S/C16H16N8/c1-23(16-19-7-11(6-17)8-20-16)12-3-5-24(9-12)15-13-2-4-18-14(13)21-10-22-15/h2,4,7-8,10,12H,3,5,9H2,1H3,(H,18,21,22)/t12-/m1/s1. The molecular formula is C16H16N8. The van der Waals surface area contributed by atoms with Crippen LogP contribution in [0.5, 0.6) is 0 Å². The first-order chi connectivity index (χ1) is 11.8. The molecular weight excluding hydrogens is 304 g/mol. The number of hydrogen-bond donors (Lipinski definition) is 1. The molecule has 3 aromatic heterocycles. The number of nitrogens with zero attached hydrogens (tertiary/aromatic N) is 7. The van der Waals surface area contributed by atoms with Crippen molar-refractivity contribution in [3.8, 4) is 6.07 Å². The van der Waals surface area contributed by atoms with Gasteiger partial charge in [0.2, 0.25) is 5.95 Å². The van der Waals surface area contributed by atoms with Gasteiger partial charge in [-0.2, -0.15) is 5.26 Å². The van der Waals surface area contributed by atoms with Gasteiger partial charge in [0.15, 0.2) is 0 Å². The number of nitrogens with one attached hydrogen (secondary N) is 1. The van der Waals surface area contributed by atoms with Crippen molar-refractivity contribution in [2.24, 2.45) is 0 Å². The number of anilines is 2. The second kappa shape index (κ2) is 5.77. The van der Waals surface area contributed by atoms with Gasteiger partial charge >= 0.3 is 0 Å². The van der Waals surface area contributed by atoms with Gasteiger partial charge in [-0.1, -0.05) is 0 Å². The van der Waals surface area contributed by atoms with Crippen LogP contribution in [0.3, 0.4) is 0 Å². The van der Waals surface area contributed by atoms with Gasteiger partial charge in [0, 0.05) is 26.3 Å². The summed E-state index contributed by atoms with van der Waals surface area (Å²) in [7, 11) is 1.99. The van der Waals surface area contributed by atoms with Crippen molar-refractivity contribution in [3.63, 3.8) is 0 Å². The Kier molecular flexibility index (Phi) is 3.46. The van der Waals surface area contributed by atoms with Gasteiger partial charge in [-0.15, -0.1) is 0 Å². The van der Waals surface area contributed by atoms with Crippen LogP contribution in [0.2, 0.25) is 0 Å². The Bertz CT molecular complexity index is 894. The first-order valence-corrected chi connectivity index (χ1v) is 7.74. The maximum Gasteiger partial charge on any atom is 0.225 e. The lowest BCUT2D eigenvalue weighted by Gasteiger charge is -2.25. The Morgan fingerprint density at radius 2 is 2.12 bits per heavy atom. The van der Waals surface area contributed by atoms with Gasteiger partial charge in [-0.05, 0) is 12.5 Å².